The molecule has 0 fully saturated rings. The number of imidazole rings is 1. The van der Waals surface area contributed by atoms with E-state index in [0.29, 0.717) is 30.9 Å². The van der Waals surface area contributed by atoms with Crippen LogP contribution in [0.3, 0.4) is 0 Å². The number of halogens is 4. The molecule has 0 bridgehead atoms. The summed E-state index contributed by atoms with van der Waals surface area (Å²) >= 11 is 4.50. The molecule has 1 unspecified atom stereocenters. The van der Waals surface area contributed by atoms with Crippen molar-refractivity contribution in [2.24, 2.45) is 7.05 Å². The summed E-state index contributed by atoms with van der Waals surface area (Å²) in [5.74, 6) is 0.790. The average molecular weight is 457 g/mol. The summed E-state index contributed by atoms with van der Waals surface area (Å²) in [5.41, 5.74) is -0.370. The minimum absolute atomic E-state index is 0. The Morgan fingerprint density at radius 2 is 2.04 bits per heavy atom. The lowest BCUT2D eigenvalue weighted by molar-refractivity contribution is -0.141. The molecule has 1 atom stereocenters. The molecule has 0 aliphatic rings. The van der Waals surface area contributed by atoms with Gasteiger partial charge < -0.3 is 10.0 Å². The smallest absolute Gasteiger partial charge is 0.412 e. The number of hydrogen-bond donors (Lipinski definition) is 0. The first-order valence-corrected chi connectivity index (χ1v) is 9.60. The van der Waals surface area contributed by atoms with Gasteiger partial charge in [-0.1, -0.05) is 6.92 Å². The summed E-state index contributed by atoms with van der Waals surface area (Å²) in [5, 5.41) is 0.372. The van der Waals surface area contributed by atoms with E-state index in [-0.39, 0.29) is 11.0 Å². The second kappa shape index (κ2) is 7.09. The van der Waals surface area contributed by atoms with Crippen molar-refractivity contribution in [2.75, 3.05) is 5.75 Å². The van der Waals surface area contributed by atoms with E-state index in [2.05, 4.69) is 30.9 Å². The number of alkyl halides is 3. The highest BCUT2D eigenvalue weighted by Crippen LogP contribution is 2.36. The van der Waals surface area contributed by atoms with Gasteiger partial charge in [0.15, 0.2) is 14.8 Å². The normalized spacial score (nSPS) is 13.0. The molecule has 3 aromatic heterocycles. The molecule has 6 nitrogen and oxygen atoms in total. The zero-order valence-corrected chi connectivity index (χ0v) is 16.1. The van der Waals surface area contributed by atoms with E-state index in [1.165, 1.54) is 11.3 Å². The highest BCUT2D eigenvalue weighted by molar-refractivity contribution is 9.11. The SMILES string of the molecule is CCS(=O)c1nc(Br)sc1-c1nc2cc(C(F)(F)F)ncc2n1C.O. The molecule has 0 spiro atoms. The maximum Gasteiger partial charge on any atom is 0.433 e. The van der Waals surface area contributed by atoms with Crippen LogP contribution in [0.15, 0.2) is 21.2 Å². The van der Waals surface area contributed by atoms with Crippen LogP contribution < -0.4 is 0 Å². The van der Waals surface area contributed by atoms with Gasteiger partial charge in [0.25, 0.3) is 0 Å². The first kappa shape index (κ1) is 19.9. The Balaban J connectivity index is 0.00000225. The Labute approximate surface area is 155 Å². The van der Waals surface area contributed by atoms with Crippen molar-refractivity contribution >= 4 is 49.1 Å². The maximum absolute atomic E-state index is 12.8. The molecule has 2 N–H and O–H groups in total. The number of aromatic nitrogens is 4. The number of thiazole rings is 1. The number of rotatable bonds is 3. The predicted octanol–water partition coefficient (Wildman–Crippen LogP) is 3.18. The maximum atomic E-state index is 12.8. The van der Waals surface area contributed by atoms with Crippen molar-refractivity contribution in [1.82, 2.24) is 19.5 Å². The number of nitrogens with zero attached hydrogens (tertiary/aromatic N) is 4. The summed E-state index contributed by atoms with van der Waals surface area (Å²) in [7, 11) is 0.363. The lowest BCUT2D eigenvalue weighted by Gasteiger charge is -2.04. The van der Waals surface area contributed by atoms with Gasteiger partial charge in [-0.3, -0.25) is 4.21 Å². The molecule has 0 saturated heterocycles. The summed E-state index contributed by atoms with van der Waals surface area (Å²) in [6, 6.07) is 0.908. The number of hydrogen-bond acceptors (Lipinski definition) is 5. The highest BCUT2D eigenvalue weighted by Gasteiger charge is 2.33. The molecule has 3 aromatic rings. The van der Waals surface area contributed by atoms with E-state index in [9.17, 15) is 17.4 Å². The van der Waals surface area contributed by atoms with Gasteiger partial charge in [-0.2, -0.15) is 13.2 Å². The van der Waals surface area contributed by atoms with E-state index in [1.807, 2.05) is 0 Å². The van der Waals surface area contributed by atoms with Crippen molar-refractivity contribution < 1.29 is 22.9 Å². The monoisotopic (exact) mass is 456 g/mol. The van der Waals surface area contributed by atoms with Crippen molar-refractivity contribution in [3.63, 3.8) is 0 Å². The summed E-state index contributed by atoms with van der Waals surface area (Å²) in [6.07, 6.45) is -3.39. The zero-order valence-electron chi connectivity index (χ0n) is 12.9. The van der Waals surface area contributed by atoms with E-state index >= 15 is 0 Å². The van der Waals surface area contributed by atoms with Gasteiger partial charge in [0.1, 0.15) is 10.6 Å². The molecule has 25 heavy (non-hydrogen) atoms. The standard InChI is InChI=1S/C13H10BrF3N4OS2.H2O/c1-3-24(22)11-9(23-12(14)20-11)10-19-6-4-8(13(15,16)17)18-5-7(6)21(10)2;/h4-5H,3H2,1-2H3;1H2. The van der Waals surface area contributed by atoms with Crippen LogP contribution in [0.2, 0.25) is 0 Å². The van der Waals surface area contributed by atoms with Crippen LogP contribution in [-0.4, -0.2) is 35.0 Å². The van der Waals surface area contributed by atoms with Crippen LogP contribution in [0, 0.1) is 0 Å². The van der Waals surface area contributed by atoms with Crippen LogP contribution in [-0.2, 0) is 24.0 Å². The first-order chi connectivity index (χ1) is 11.2. The molecule has 0 saturated carbocycles. The second-order valence-corrected chi connectivity index (χ2v) is 8.72. The first-order valence-electron chi connectivity index (χ1n) is 6.67. The summed E-state index contributed by atoms with van der Waals surface area (Å²) in [4.78, 5) is 12.5. The van der Waals surface area contributed by atoms with Gasteiger partial charge >= 0.3 is 6.18 Å². The van der Waals surface area contributed by atoms with Gasteiger partial charge in [-0.05, 0) is 22.0 Å². The molecule has 0 amide bonds. The third-order valence-electron chi connectivity index (χ3n) is 3.31. The lowest BCUT2D eigenvalue weighted by Crippen LogP contribution is -2.07. The Kier molecular flexibility index (Phi) is 5.66. The molecule has 136 valence electrons. The number of aryl methyl sites for hydroxylation is 1. The van der Waals surface area contributed by atoms with Crippen molar-refractivity contribution in [3.8, 4) is 10.7 Å². The molecule has 3 rings (SSSR count). The Bertz CT molecular complexity index is 955. The fourth-order valence-electron chi connectivity index (χ4n) is 2.16. The summed E-state index contributed by atoms with van der Waals surface area (Å²) < 4.78 is 52.8. The fourth-order valence-corrected chi connectivity index (χ4v) is 4.88. The van der Waals surface area contributed by atoms with Gasteiger partial charge in [0.05, 0.1) is 28.0 Å². The number of pyridine rings is 1. The molecular formula is C13H12BrF3N4O2S2. The topological polar surface area (TPSA) is 92.2 Å². The molecule has 0 aliphatic heterocycles. The Morgan fingerprint density at radius 1 is 1.36 bits per heavy atom. The molecule has 0 aliphatic carbocycles. The Hall–Kier alpha value is -1.37. The summed E-state index contributed by atoms with van der Waals surface area (Å²) in [6.45, 7) is 1.77. The van der Waals surface area contributed by atoms with Crippen LogP contribution in [0.1, 0.15) is 12.6 Å². The van der Waals surface area contributed by atoms with Gasteiger partial charge in [-0.25, -0.2) is 15.0 Å². The van der Waals surface area contributed by atoms with Gasteiger partial charge in [0, 0.05) is 12.8 Å². The predicted molar refractivity (Wildman–Crippen MR) is 92.9 cm³/mol. The molecule has 3 heterocycles. The minimum Gasteiger partial charge on any atom is -0.412 e. The minimum atomic E-state index is -4.53. The lowest BCUT2D eigenvalue weighted by atomic mass is 10.3. The molecular weight excluding hydrogens is 445 g/mol. The highest BCUT2D eigenvalue weighted by atomic mass is 79.9. The van der Waals surface area contributed by atoms with E-state index in [1.54, 1.807) is 18.5 Å². The van der Waals surface area contributed by atoms with Gasteiger partial charge in [-0.15, -0.1) is 11.3 Å². The van der Waals surface area contributed by atoms with E-state index in [0.717, 1.165) is 12.3 Å². The third kappa shape index (κ3) is 3.61. The van der Waals surface area contributed by atoms with Crippen LogP contribution in [0.4, 0.5) is 13.2 Å². The van der Waals surface area contributed by atoms with Crippen molar-refractivity contribution in [1.29, 1.82) is 0 Å². The Morgan fingerprint density at radius 3 is 2.64 bits per heavy atom. The van der Waals surface area contributed by atoms with Crippen LogP contribution >= 0.6 is 27.3 Å². The fraction of sp³-hybridized carbons (Fsp3) is 0.308. The van der Waals surface area contributed by atoms with Crippen molar-refractivity contribution in [2.45, 2.75) is 18.1 Å². The average Bonchev–Trinajstić information content (AvgIpc) is 3.06. The molecule has 0 aromatic carbocycles. The van der Waals surface area contributed by atoms with Crippen LogP contribution in [0.25, 0.3) is 21.7 Å². The quantitative estimate of drug-likeness (QED) is 0.604. The van der Waals surface area contributed by atoms with E-state index in [4.69, 9.17) is 0 Å². The largest absolute Gasteiger partial charge is 0.433 e. The third-order valence-corrected chi connectivity index (χ3v) is 6.19. The van der Waals surface area contributed by atoms with Gasteiger partial charge in [0.2, 0.25) is 0 Å². The second-order valence-electron chi connectivity index (χ2n) is 4.79. The molecule has 12 heteroatoms. The number of fused-ring (bicyclic) bond motifs is 1. The van der Waals surface area contributed by atoms with Crippen molar-refractivity contribution in [3.05, 3.63) is 21.9 Å². The molecule has 0 radical (unpaired) electrons. The van der Waals surface area contributed by atoms with Crippen LogP contribution in [0.5, 0.6) is 0 Å². The zero-order chi connectivity index (χ0) is 17.6. The van der Waals surface area contributed by atoms with E-state index < -0.39 is 22.7 Å².